The number of hydrogen-bond acceptors (Lipinski definition) is 4. The van der Waals surface area contributed by atoms with Crippen LogP contribution in [0, 0.1) is 0 Å². The Kier molecular flexibility index (Phi) is 5.22. The van der Waals surface area contributed by atoms with E-state index in [1.54, 1.807) is 0 Å². The smallest absolute Gasteiger partial charge is 0.0271 e. The molecule has 0 radical (unpaired) electrons. The van der Waals surface area contributed by atoms with Crippen molar-refractivity contribution in [3.05, 3.63) is 30.1 Å². The van der Waals surface area contributed by atoms with Crippen molar-refractivity contribution in [2.24, 2.45) is 0 Å². The third-order valence-corrected chi connectivity index (χ3v) is 5.01. The summed E-state index contributed by atoms with van der Waals surface area (Å²) in [6, 6.07) is 5.04. The Hall–Kier alpha value is -0.970. The number of rotatable bonds is 4. The van der Waals surface area contributed by atoms with E-state index in [-0.39, 0.29) is 0 Å². The van der Waals surface area contributed by atoms with Crippen LogP contribution in [0.4, 0.5) is 0 Å². The minimum absolute atomic E-state index is 0.783. The van der Waals surface area contributed by atoms with Gasteiger partial charge in [0.15, 0.2) is 0 Å². The fraction of sp³-hybridized carbons (Fsp3) is 0.706. The molecule has 0 aliphatic carbocycles. The number of likely N-dealkylation sites (tertiary alicyclic amines) is 1. The van der Waals surface area contributed by atoms with E-state index >= 15 is 0 Å². The van der Waals surface area contributed by atoms with Crippen molar-refractivity contribution in [2.45, 2.75) is 31.8 Å². The molecule has 0 amide bonds. The molecular formula is C17H28N4. The molecule has 2 aliphatic heterocycles. The Bertz CT molecular complexity index is 414. The molecule has 1 aromatic rings. The highest BCUT2D eigenvalue weighted by Gasteiger charge is 2.24. The third kappa shape index (κ3) is 4.25. The molecular weight excluding hydrogens is 260 g/mol. The van der Waals surface area contributed by atoms with Gasteiger partial charge in [0.05, 0.1) is 0 Å². The second kappa shape index (κ2) is 7.34. The van der Waals surface area contributed by atoms with Gasteiger partial charge in [0.2, 0.25) is 0 Å². The molecule has 2 aliphatic rings. The van der Waals surface area contributed by atoms with Crippen molar-refractivity contribution in [3.8, 4) is 0 Å². The molecule has 0 N–H and O–H groups in total. The van der Waals surface area contributed by atoms with Crippen LogP contribution >= 0.6 is 0 Å². The number of piperazine rings is 1. The Morgan fingerprint density at radius 3 is 2.43 bits per heavy atom. The maximum atomic E-state index is 4.09. The Morgan fingerprint density at radius 1 is 1.00 bits per heavy atom. The van der Waals surface area contributed by atoms with E-state index in [0.717, 1.165) is 12.6 Å². The van der Waals surface area contributed by atoms with Crippen molar-refractivity contribution in [2.75, 3.05) is 46.3 Å². The molecule has 0 unspecified atom stereocenters. The normalized spacial score (nSPS) is 26.0. The summed E-state index contributed by atoms with van der Waals surface area (Å²) in [6.45, 7) is 8.44. The van der Waals surface area contributed by atoms with E-state index in [1.165, 1.54) is 64.1 Å². The molecule has 21 heavy (non-hydrogen) atoms. The predicted molar refractivity (Wildman–Crippen MR) is 86.2 cm³/mol. The lowest BCUT2D eigenvalue weighted by Gasteiger charge is -2.40. The summed E-state index contributed by atoms with van der Waals surface area (Å²) in [5.74, 6) is 0. The van der Waals surface area contributed by atoms with Gasteiger partial charge in [0.25, 0.3) is 0 Å². The van der Waals surface area contributed by atoms with Crippen LogP contribution in [0.1, 0.15) is 24.8 Å². The molecule has 1 aromatic heterocycles. The van der Waals surface area contributed by atoms with E-state index in [4.69, 9.17) is 0 Å². The first-order chi connectivity index (χ1) is 10.3. The highest BCUT2D eigenvalue weighted by Crippen LogP contribution is 2.17. The molecule has 0 bridgehead atoms. The zero-order valence-corrected chi connectivity index (χ0v) is 13.2. The average Bonchev–Trinajstić information content (AvgIpc) is 2.52. The summed E-state index contributed by atoms with van der Waals surface area (Å²) in [5, 5.41) is 0. The zero-order valence-electron chi connectivity index (χ0n) is 13.2. The summed E-state index contributed by atoms with van der Waals surface area (Å²) in [7, 11) is 2.30. The minimum Gasteiger partial charge on any atom is -0.302 e. The molecule has 0 saturated carbocycles. The maximum absolute atomic E-state index is 4.09. The van der Waals surface area contributed by atoms with Crippen molar-refractivity contribution < 1.29 is 0 Å². The highest BCUT2D eigenvalue weighted by molar-refractivity contribution is 5.09. The zero-order chi connectivity index (χ0) is 14.5. The van der Waals surface area contributed by atoms with Gasteiger partial charge in [0, 0.05) is 57.7 Å². The molecule has 2 fully saturated rings. The second-order valence-corrected chi connectivity index (χ2v) is 6.56. The van der Waals surface area contributed by atoms with Gasteiger partial charge < -0.3 is 4.90 Å². The first-order valence-corrected chi connectivity index (χ1v) is 8.35. The molecule has 2 saturated heterocycles. The number of likely N-dealkylation sites (N-methyl/N-ethyl adjacent to an activating group) is 1. The van der Waals surface area contributed by atoms with Gasteiger partial charge in [-0.1, -0.05) is 6.42 Å². The summed E-state index contributed by atoms with van der Waals surface area (Å²) in [5.41, 5.74) is 1.38. The lowest BCUT2D eigenvalue weighted by Crippen LogP contribution is -2.51. The molecule has 3 heterocycles. The van der Waals surface area contributed by atoms with Gasteiger partial charge in [-0.25, -0.2) is 0 Å². The van der Waals surface area contributed by atoms with E-state index < -0.39 is 0 Å². The van der Waals surface area contributed by atoms with E-state index in [9.17, 15) is 0 Å². The average molecular weight is 288 g/mol. The number of nitrogens with zero attached hydrogens (tertiary/aromatic N) is 4. The van der Waals surface area contributed by atoms with Crippen molar-refractivity contribution >= 4 is 0 Å². The van der Waals surface area contributed by atoms with Gasteiger partial charge in [-0.3, -0.25) is 14.8 Å². The van der Waals surface area contributed by atoms with Crippen molar-refractivity contribution in [3.63, 3.8) is 0 Å². The lowest BCUT2D eigenvalue weighted by atomic mass is 10.0. The summed E-state index contributed by atoms with van der Waals surface area (Å²) >= 11 is 0. The van der Waals surface area contributed by atoms with Gasteiger partial charge in [-0.05, 0) is 44.1 Å². The van der Waals surface area contributed by atoms with Crippen LogP contribution in [0.2, 0.25) is 0 Å². The van der Waals surface area contributed by atoms with Crippen LogP contribution < -0.4 is 0 Å². The quantitative estimate of drug-likeness (QED) is 0.841. The van der Waals surface area contributed by atoms with Gasteiger partial charge in [0.1, 0.15) is 0 Å². The molecule has 3 rings (SSSR count). The van der Waals surface area contributed by atoms with Crippen LogP contribution in [-0.4, -0.2) is 72.0 Å². The molecule has 0 spiro atoms. The Morgan fingerprint density at radius 2 is 1.71 bits per heavy atom. The summed E-state index contributed by atoms with van der Waals surface area (Å²) < 4.78 is 0. The minimum atomic E-state index is 0.783. The SMILES string of the molecule is CN1CCCC[C@H]1CN1CCN(Cc2ccncc2)CC1. The molecule has 1 atom stereocenters. The number of hydrogen-bond donors (Lipinski definition) is 0. The van der Waals surface area contributed by atoms with Gasteiger partial charge in [-0.15, -0.1) is 0 Å². The largest absolute Gasteiger partial charge is 0.302 e. The maximum Gasteiger partial charge on any atom is 0.0271 e. The van der Waals surface area contributed by atoms with Gasteiger partial charge in [-0.2, -0.15) is 0 Å². The first-order valence-electron chi connectivity index (χ1n) is 8.35. The first kappa shape index (κ1) is 14.9. The number of pyridine rings is 1. The Labute approximate surface area is 128 Å². The fourth-order valence-corrected chi connectivity index (χ4v) is 3.55. The molecule has 4 heteroatoms. The van der Waals surface area contributed by atoms with E-state index in [1.807, 2.05) is 12.4 Å². The van der Waals surface area contributed by atoms with Crippen LogP contribution in [0.15, 0.2) is 24.5 Å². The lowest BCUT2D eigenvalue weighted by molar-refractivity contribution is 0.0818. The fourth-order valence-electron chi connectivity index (χ4n) is 3.55. The molecule has 0 aromatic carbocycles. The van der Waals surface area contributed by atoms with Crippen LogP contribution in [0.25, 0.3) is 0 Å². The second-order valence-electron chi connectivity index (χ2n) is 6.56. The number of piperidine rings is 1. The molecule has 116 valence electrons. The highest BCUT2D eigenvalue weighted by atomic mass is 15.3. The third-order valence-electron chi connectivity index (χ3n) is 5.01. The summed E-state index contributed by atoms with van der Waals surface area (Å²) in [6.07, 6.45) is 7.96. The van der Waals surface area contributed by atoms with Crippen molar-refractivity contribution in [1.82, 2.24) is 19.7 Å². The van der Waals surface area contributed by atoms with Crippen LogP contribution in [0.3, 0.4) is 0 Å². The number of aromatic nitrogens is 1. The summed E-state index contributed by atoms with van der Waals surface area (Å²) in [4.78, 5) is 11.9. The topological polar surface area (TPSA) is 22.6 Å². The van der Waals surface area contributed by atoms with Crippen molar-refractivity contribution in [1.29, 1.82) is 0 Å². The predicted octanol–water partition coefficient (Wildman–Crippen LogP) is 1.68. The molecule has 4 nitrogen and oxygen atoms in total. The monoisotopic (exact) mass is 288 g/mol. The standard InChI is InChI=1S/C17H28N4/c1-19-9-3-2-4-17(19)15-21-12-10-20(11-13-21)14-16-5-7-18-8-6-16/h5-8,17H,2-4,9-15H2,1H3/t17-/m0/s1. The van der Waals surface area contributed by atoms with E-state index in [2.05, 4.69) is 38.9 Å². The van der Waals surface area contributed by atoms with Gasteiger partial charge >= 0.3 is 0 Å². The Balaban J connectivity index is 1.42. The van der Waals surface area contributed by atoms with E-state index in [0.29, 0.717) is 0 Å². The van der Waals surface area contributed by atoms with Crippen LogP contribution in [-0.2, 0) is 6.54 Å². The van der Waals surface area contributed by atoms with Crippen LogP contribution in [0.5, 0.6) is 0 Å².